The number of likely N-dealkylation sites (tertiary alicyclic amines) is 1. The number of hydrogen-bond acceptors (Lipinski definition) is 5. The molecule has 5 rings (SSSR count). The number of anilines is 1. The van der Waals surface area contributed by atoms with Crippen molar-refractivity contribution in [3.05, 3.63) is 71.3 Å². The average Bonchev–Trinajstić information content (AvgIpc) is 3.41. The fourth-order valence-electron chi connectivity index (χ4n) is 4.27. The average molecular weight is 412 g/mol. The highest BCUT2D eigenvalue weighted by Gasteiger charge is 2.31. The van der Waals surface area contributed by atoms with E-state index < -0.39 is 0 Å². The molecule has 0 saturated carbocycles. The lowest BCUT2D eigenvalue weighted by atomic mass is 9.99. The molecule has 1 aliphatic heterocycles. The smallest absolute Gasteiger partial charge is 0.275 e. The maximum absolute atomic E-state index is 13.2. The molecule has 1 atom stereocenters. The molecule has 31 heavy (non-hydrogen) atoms. The minimum Gasteiger partial charge on any atom is -0.384 e. The number of aryl methyl sites for hydroxylation is 2. The quantitative estimate of drug-likeness (QED) is 0.532. The Balaban J connectivity index is 1.39. The van der Waals surface area contributed by atoms with Crippen LogP contribution in [-0.4, -0.2) is 44.1 Å². The first kappa shape index (κ1) is 19.2. The molecule has 4 aromatic rings. The van der Waals surface area contributed by atoms with Crippen LogP contribution in [0.1, 0.15) is 39.8 Å². The van der Waals surface area contributed by atoms with Gasteiger partial charge in [0.15, 0.2) is 5.69 Å². The van der Waals surface area contributed by atoms with Gasteiger partial charge in [0.25, 0.3) is 5.91 Å². The molecule has 0 radical (unpaired) electrons. The molecule has 0 spiro atoms. The number of rotatable bonds is 3. The summed E-state index contributed by atoms with van der Waals surface area (Å²) in [6.45, 7) is 5.34. The maximum Gasteiger partial charge on any atom is 0.275 e. The monoisotopic (exact) mass is 412 g/mol. The molecule has 3 aromatic heterocycles. The highest BCUT2D eigenvalue weighted by atomic mass is 16.2. The molecule has 1 fully saturated rings. The summed E-state index contributed by atoms with van der Waals surface area (Å²) in [5.41, 5.74) is 12.2. The van der Waals surface area contributed by atoms with Crippen molar-refractivity contribution in [2.75, 3.05) is 18.8 Å². The van der Waals surface area contributed by atoms with Gasteiger partial charge in [0.1, 0.15) is 5.82 Å². The van der Waals surface area contributed by atoms with Crippen LogP contribution < -0.4 is 5.73 Å². The van der Waals surface area contributed by atoms with Crippen LogP contribution >= 0.6 is 0 Å². The Hall–Kier alpha value is -3.74. The highest BCUT2D eigenvalue weighted by molar-refractivity contribution is 6.04. The summed E-state index contributed by atoms with van der Waals surface area (Å²) in [6, 6.07) is 13.9. The number of carbonyl (C=O) groups is 1. The zero-order chi connectivity index (χ0) is 21.5. The van der Waals surface area contributed by atoms with Crippen molar-refractivity contribution >= 4 is 22.6 Å². The fourth-order valence-corrected chi connectivity index (χ4v) is 4.27. The van der Waals surface area contributed by atoms with Gasteiger partial charge in [-0.1, -0.05) is 11.6 Å². The minimum absolute atomic E-state index is 0.0324. The van der Waals surface area contributed by atoms with Gasteiger partial charge in [0.2, 0.25) is 0 Å². The number of nitrogens with zero attached hydrogens (tertiary/aromatic N) is 4. The molecule has 1 saturated heterocycles. The second-order valence-electron chi connectivity index (χ2n) is 8.25. The zero-order valence-corrected chi connectivity index (χ0v) is 17.6. The van der Waals surface area contributed by atoms with E-state index in [1.54, 1.807) is 12.3 Å². The lowest BCUT2D eigenvalue weighted by molar-refractivity contribution is 0.0786. The number of benzene rings is 1. The summed E-state index contributed by atoms with van der Waals surface area (Å²) >= 11 is 0. The van der Waals surface area contributed by atoms with Gasteiger partial charge < -0.3 is 10.6 Å². The molecule has 1 amide bonds. The zero-order valence-electron chi connectivity index (χ0n) is 17.6. The molecular formula is C24H24N6O. The molecule has 0 unspecified atom stereocenters. The standard InChI is InChI=1S/C24H24N6O/c1-14-3-5-20-19(9-14)23(29-28-20)24(31)30-8-7-17(13-30)21-11-18(10-15(2)27-21)16-4-6-22(25)26-12-16/h3-6,9-12,17H,7-8,13H2,1-2H3,(H2,25,26)(H,28,29)/t17-/m1/s1. The van der Waals surface area contributed by atoms with E-state index in [1.165, 1.54) is 0 Å². The van der Waals surface area contributed by atoms with Crippen LogP contribution in [0, 0.1) is 13.8 Å². The fraction of sp³-hybridized carbons (Fsp3) is 0.250. The molecule has 7 heteroatoms. The Morgan fingerprint density at radius 2 is 2.00 bits per heavy atom. The van der Waals surface area contributed by atoms with Gasteiger partial charge in [-0.05, 0) is 62.2 Å². The van der Waals surface area contributed by atoms with Crippen molar-refractivity contribution in [2.24, 2.45) is 0 Å². The molecule has 1 aliphatic rings. The van der Waals surface area contributed by atoms with Gasteiger partial charge in [0, 0.05) is 47.5 Å². The van der Waals surface area contributed by atoms with E-state index in [2.05, 4.69) is 21.2 Å². The third kappa shape index (κ3) is 3.63. The Morgan fingerprint density at radius 1 is 1.13 bits per heavy atom. The van der Waals surface area contributed by atoms with E-state index in [-0.39, 0.29) is 11.8 Å². The first-order valence-electron chi connectivity index (χ1n) is 10.4. The van der Waals surface area contributed by atoms with Gasteiger partial charge >= 0.3 is 0 Å². The van der Waals surface area contributed by atoms with Crippen molar-refractivity contribution in [3.63, 3.8) is 0 Å². The maximum atomic E-state index is 13.2. The summed E-state index contributed by atoms with van der Waals surface area (Å²) in [5.74, 6) is 0.659. The van der Waals surface area contributed by atoms with Gasteiger partial charge in [-0.3, -0.25) is 14.9 Å². The van der Waals surface area contributed by atoms with E-state index in [0.29, 0.717) is 24.6 Å². The van der Waals surface area contributed by atoms with E-state index in [1.807, 2.05) is 49.1 Å². The Labute approximate surface area is 180 Å². The van der Waals surface area contributed by atoms with Gasteiger partial charge in [-0.15, -0.1) is 0 Å². The normalized spacial score (nSPS) is 16.2. The van der Waals surface area contributed by atoms with Crippen molar-refractivity contribution < 1.29 is 4.79 Å². The number of nitrogens with two attached hydrogens (primary N) is 1. The number of hydrogen-bond donors (Lipinski definition) is 2. The molecule has 1 aromatic carbocycles. The topological polar surface area (TPSA) is 101 Å². The van der Waals surface area contributed by atoms with E-state index >= 15 is 0 Å². The second kappa shape index (κ2) is 7.50. The number of aromatic nitrogens is 4. The lowest BCUT2D eigenvalue weighted by Gasteiger charge is -2.16. The van der Waals surface area contributed by atoms with Crippen LogP contribution in [-0.2, 0) is 0 Å². The van der Waals surface area contributed by atoms with Crippen LogP contribution in [0.15, 0.2) is 48.7 Å². The van der Waals surface area contributed by atoms with Crippen LogP contribution in [0.2, 0.25) is 0 Å². The Kier molecular flexibility index (Phi) is 4.66. The number of amides is 1. The van der Waals surface area contributed by atoms with Crippen molar-refractivity contribution in [3.8, 4) is 11.1 Å². The molecule has 3 N–H and O–H groups in total. The number of nitrogens with one attached hydrogen (secondary N) is 1. The number of aromatic amines is 1. The Morgan fingerprint density at radius 3 is 2.81 bits per heavy atom. The first-order valence-corrected chi connectivity index (χ1v) is 10.4. The number of fused-ring (bicyclic) bond motifs is 1. The first-order chi connectivity index (χ1) is 15.0. The third-order valence-corrected chi connectivity index (χ3v) is 5.91. The number of nitrogen functional groups attached to an aromatic ring is 1. The lowest BCUT2D eigenvalue weighted by Crippen LogP contribution is -2.29. The summed E-state index contributed by atoms with van der Waals surface area (Å²) in [6.07, 6.45) is 2.66. The molecule has 0 aliphatic carbocycles. The van der Waals surface area contributed by atoms with Gasteiger partial charge in [0.05, 0.1) is 5.52 Å². The summed E-state index contributed by atoms with van der Waals surface area (Å²) in [7, 11) is 0. The summed E-state index contributed by atoms with van der Waals surface area (Å²) in [4.78, 5) is 24.1. The molecular weight excluding hydrogens is 388 g/mol. The SMILES string of the molecule is Cc1ccc2[nH]nc(C(=O)N3CC[C@@H](c4cc(-c5ccc(N)nc5)cc(C)n4)C3)c2c1. The van der Waals surface area contributed by atoms with Crippen LogP contribution in [0.3, 0.4) is 0 Å². The second-order valence-corrected chi connectivity index (χ2v) is 8.25. The summed E-state index contributed by atoms with van der Waals surface area (Å²) in [5, 5.41) is 8.15. The molecule has 7 nitrogen and oxygen atoms in total. The third-order valence-electron chi connectivity index (χ3n) is 5.91. The van der Waals surface area contributed by atoms with E-state index in [4.69, 9.17) is 10.7 Å². The highest BCUT2D eigenvalue weighted by Crippen LogP contribution is 2.31. The van der Waals surface area contributed by atoms with E-state index in [9.17, 15) is 4.79 Å². The largest absolute Gasteiger partial charge is 0.384 e. The van der Waals surface area contributed by atoms with Crippen LogP contribution in [0.5, 0.6) is 0 Å². The van der Waals surface area contributed by atoms with Crippen molar-refractivity contribution in [1.29, 1.82) is 0 Å². The molecule has 0 bridgehead atoms. The number of pyridine rings is 2. The van der Waals surface area contributed by atoms with Crippen LogP contribution in [0.25, 0.3) is 22.0 Å². The van der Waals surface area contributed by atoms with Gasteiger partial charge in [-0.2, -0.15) is 5.10 Å². The Bertz CT molecular complexity index is 1280. The minimum atomic E-state index is -0.0324. The number of carbonyl (C=O) groups excluding carboxylic acids is 1. The number of H-pyrrole nitrogens is 1. The summed E-state index contributed by atoms with van der Waals surface area (Å²) < 4.78 is 0. The predicted octanol–water partition coefficient (Wildman–Crippen LogP) is 3.85. The predicted molar refractivity (Wildman–Crippen MR) is 121 cm³/mol. The molecule has 156 valence electrons. The van der Waals surface area contributed by atoms with Crippen molar-refractivity contribution in [2.45, 2.75) is 26.2 Å². The van der Waals surface area contributed by atoms with Crippen molar-refractivity contribution in [1.82, 2.24) is 25.1 Å². The van der Waals surface area contributed by atoms with E-state index in [0.717, 1.165) is 45.4 Å². The van der Waals surface area contributed by atoms with Gasteiger partial charge in [-0.25, -0.2) is 4.98 Å². The molecule has 4 heterocycles. The van der Waals surface area contributed by atoms with Crippen LogP contribution in [0.4, 0.5) is 5.82 Å².